The molecule has 178 valence electrons. The van der Waals surface area contributed by atoms with Crippen molar-refractivity contribution in [3.8, 4) is 21.8 Å². The van der Waals surface area contributed by atoms with Crippen LogP contribution in [0.3, 0.4) is 0 Å². The Labute approximate surface area is 180 Å². The highest BCUT2D eigenvalue weighted by molar-refractivity contribution is 7.13. The van der Waals surface area contributed by atoms with Crippen LogP contribution in [0.4, 0.5) is 52.7 Å². The summed E-state index contributed by atoms with van der Waals surface area (Å²) in [5.74, 6) is 0. The average molecular weight is 509 g/mol. The van der Waals surface area contributed by atoms with Gasteiger partial charge in [-0.2, -0.15) is 52.7 Å². The Morgan fingerprint density at radius 1 is 0.485 bits per heavy atom. The van der Waals surface area contributed by atoms with E-state index in [1.54, 1.807) is 0 Å². The molecule has 1 aromatic heterocycles. The van der Waals surface area contributed by atoms with Gasteiger partial charge in [0, 0.05) is 16.5 Å². The first kappa shape index (κ1) is 24.9. The van der Waals surface area contributed by atoms with E-state index in [1.807, 2.05) is 0 Å². The van der Waals surface area contributed by atoms with Crippen LogP contribution in [-0.4, -0.2) is 4.98 Å². The highest BCUT2D eigenvalue weighted by Crippen LogP contribution is 2.42. The number of thiazole rings is 1. The lowest BCUT2D eigenvalue weighted by Gasteiger charge is -2.14. The van der Waals surface area contributed by atoms with Gasteiger partial charge in [0.1, 0.15) is 5.01 Å². The smallest absolute Gasteiger partial charge is 0.236 e. The summed E-state index contributed by atoms with van der Waals surface area (Å²) in [6.45, 7) is 0. The molecule has 14 heteroatoms. The average Bonchev–Trinajstić information content (AvgIpc) is 3.15. The van der Waals surface area contributed by atoms with E-state index in [2.05, 4.69) is 4.98 Å². The molecule has 0 saturated carbocycles. The van der Waals surface area contributed by atoms with Gasteiger partial charge in [-0.15, -0.1) is 11.3 Å². The molecule has 2 aromatic carbocycles. The van der Waals surface area contributed by atoms with Crippen molar-refractivity contribution in [1.29, 1.82) is 0 Å². The van der Waals surface area contributed by atoms with Crippen molar-refractivity contribution in [3.05, 3.63) is 64.0 Å². The van der Waals surface area contributed by atoms with Gasteiger partial charge in [0.05, 0.1) is 27.9 Å². The first-order chi connectivity index (χ1) is 14.9. The van der Waals surface area contributed by atoms with Crippen molar-refractivity contribution in [3.63, 3.8) is 0 Å². The molecule has 0 spiro atoms. The zero-order valence-electron chi connectivity index (χ0n) is 15.4. The fourth-order valence-electron chi connectivity index (χ4n) is 2.72. The fraction of sp³-hybridized carbons (Fsp3) is 0.211. The molecule has 1 heterocycles. The summed E-state index contributed by atoms with van der Waals surface area (Å²) in [5, 5.41) is 0.464. The quantitative estimate of drug-likeness (QED) is 0.316. The zero-order valence-corrected chi connectivity index (χ0v) is 16.2. The first-order valence-corrected chi connectivity index (χ1v) is 9.29. The van der Waals surface area contributed by atoms with Crippen LogP contribution in [0.15, 0.2) is 41.8 Å². The van der Waals surface area contributed by atoms with Crippen LogP contribution in [0.1, 0.15) is 22.3 Å². The SMILES string of the molecule is FC(F)(F)c1cc(-c2csc(-c3cc(C(F)(F)F)cc(C(F)(F)F)c3)n2)cc(C(F)(F)F)c1. The number of benzene rings is 2. The number of alkyl halides is 12. The minimum Gasteiger partial charge on any atom is -0.236 e. The summed E-state index contributed by atoms with van der Waals surface area (Å²) < 4.78 is 156. The van der Waals surface area contributed by atoms with Gasteiger partial charge in [-0.05, 0) is 36.4 Å². The van der Waals surface area contributed by atoms with E-state index in [1.165, 1.54) is 0 Å². The van der Waals surface area contributed by atoms with Crippen LogP contribution in [0.25, 0.3) is 21.8 Å². The Kier molecular flexibility index (Phi) is 5.97. The van der Waals surface area contributed by atoms with Crippen LogP contribution in [0.2, 0.25) is 0 Å². The number of aromatic nitrogens is 1. The largest absolute Gasteiger partial charge is 0.416 e. The van der Waals surface area contributed by atoms with E-state index in [-0.39, 0.29) is 12.1 Å². The zero-order chi connectivity index (χ0) is 25.0. The molecule has 3 aromatic rings. The van der Waals surface area contributed by atoms with Crippen molar-refractivity contribution >= 4 is 11.3 Å². The molecule has 3 rings (SSSR count). The summed E-state index contributed by atoms with van der Waals surface area (Å²) in [6, 6.07) is 1.15. The summed E-state index contributed by atoms with van der Waals surface area (Å²) in [5.41, 5.74) is -8.41. The molecular weight excluding hydrogens is 502 g/mol. The lowest BCUT2D eigenvalue weighted by atomic mass is 10.0. The molecule has 0 amide bonds. The summed E-state index contributed by atoms with van der Waals surface area (Å²) in [6.07, 6.45) is -20.6. The number of rotatable bonds is 2. The Balaban J connectivity index is 2.15. The van der Waals surface area contributed by atoms with Gasteiger partial charge in [0.2, 0.25) is 0 Å². The molecule has 0 aliphatic rings. The van der Waals surface area contributed by atoms with E-state index in [4.69, 9.17) is 0 Å². The summed E-state index contributed by atoms with van der Waals surface area (Å²) in [4.78, 5) is 3.69. The third-order valence-corrected chi connectivity index (χ3v) is 5.11. The van der Waals surface area contributed by atoms with E-state index in [0.717, 1.165) is 5.38 Å². The third kappa shape index (κ3) is 5.60. The predicted molar refractivity (Wildman–Crippen MR) is 93.0 cm³/mol. The Morgan fingerprint density at radius 2 is 0.818 bits per heavy atom. The third-order valence-electron chi connectivity index (χ3n) is 4.22. The van der Waals surface area contributed by atoms with E-state index in [9.17, 15) is 52.7 Å². The molecular formula is C19H7F12NS. The summed E-state index contributed by atoms with van der Waals surface area (Å²) >= 11 is 0.455. The molecule has 0 fully saturated rings. The Bertz CT molecular complexity index is 1010. The first-order valence-electron chi connectivity index (χ1n) is 8.41. The van der Waals surface area contributed by atoms with Gasteiger partial charge in [-0.1, -0.05) is 0 Å². The molecule has 0 N–H and O–H groups in total. The highest BCUT2D eigenvalue weighted by atomic mass is 32.1. The van der Waals surface area contributed by atoms with Gasteiger partial charge < -0.3 is 0 Å². The molecule has 1 nitrogen and oxygen atoms in total. The molecule has 33 heavy (non-hydrogen) atoms. The lowest BCUT2D eigenvalue weighted by molar-refractivity contribution is -0.144. The maximum absolute atomic E-state index is 13.0. The fourth-order valence-corrected chi connectivity index (χ4v) is 3.54. The molecule has 0 saturated heterocycles. The maximum Gasteiger partial charge on any atom is 0.416 e. The van der Waals surface area contributed by atoms with Gasteiger partial charge in [0.15, 0.2) is 0 Å². The summed E-state index contributed by atoms with van der Waals surface area (Å²) in [7, 11) is 0. The van der Waals surface area contributed by atoms with Crippen molar-refractivity contribution in [2.75, 3.05) is 0 Å². The van der Waals surface area contributed by atoms with Crippen molar-refractivity contribution in [2.45, 2.75) is 24.7 Å². The van der Waals surface area contributed by atoms with Crippen molar-refractivity contribution in [2.24, 2.45) is 0 Å². The monoisotopic (exact) mass is 509 g/mol. The molecule has 0 atom stereocenters. The molecule has 0 bridgehead atoms. The van der Waals surface area contributed by atoms with Gasteiger partial charge in [0.25, 0.3) is 0 Å². The second-order valence-electron chi connectivity index (χ2n) is 6.63. The Hall–Kier alpha value is -2.77. The highest BCUT2D eigenvalue weighted by Gasteiger charge is 2.38. The van der Waals surface area contributed by atoms with Crippen molar-refractivity contribution < 1.29 is 52.7 Å². The van der Waals surface area contributed by atoms with Crippen LogP contribution < -0.4 is 0 Å². The second-order valence-corrected chi connectivity index (χ2v) is 7.49. The van der Waals surface area contributed by atoms with Crippen LogP contribution in [-0.2, 0) is 24.7 Å². The van der Waals surface area contributed by atoms with Gasteiger partial charge in [-0.25, -0.2) is 4.98 Å². The van der Waals surface area contributed by atoms with Crippen LogP contribution in [0.5, 0.6) is 0 Å². The van der Waals surface area contributed by atoms with Gasteiger partial charge >= 0.3 is 24.7 Å². The molecule has 0 unspecified atom stereocenters. The van der Waals surface area contributed by atoms with E-state index < -0.39 is 68.8 Å². The van der Waals surface area contributed by atoms with E-state index in [0.29, 0.717) is 35.6 Å². The van der Waals surface area contributed by atoms with Gasteiger partial charge in [-0.3, -0.25) is 0 Å². The number of halogens is 12. The Morgan fingerprint density at radius 3 is 1.15 bits per heavy atom. The number of hydrogen-bond acceptors (Lipinski definition) is 2. The maximum atomic E-state index is 13.0. The standard InChI is InChI=1S/C19H7F12NS/c20-16(21,22)10-1-8(2-11(5-10)17(23,24)25)14-7-33-15(32-14)9-3-12(18(26,27)28)6-13(4-9)19(29,30)31/h1-7H. The number of nitrogens with zero attached hydrogens (tertiary/aromatic N) is 1. The van der Waals surface area contributed by atoms with Crippen molar-refractivity contribution in [1.82, 2.24) is 4.98 Å². The minimum absolute atomic E-state index is 0.125. The molecule has 0 aliphatic carbocycles. The minimum atomic E-state index is -5.16. The normalized spacial score (nSPS) is 13.5. The lowest BCUT2D eigenvalue weighted by Crippen LogP contribution is -2.11. The number of hydrogen-bond donors (Lipinski definition) is 0. The predicted octanol–water partition coefficient (Wildman–Crippen LogP) is 8.55. The van der Waals surface area contributed by atoms with Crippen LogP contribution in [0, 0.1) is 0 Å². The topological polar surface area (TPSA) is 12.9 Å². The molecule has 0 aliphatic heterocycles. The van der Waals surface area contributed by atoms with E-state index >= 15 is 0 Å². The second kappa shape index (κ2) is 7.92. The van der Waals surface area contributed by atoms with Crippen LogP contribution >= 0.6 is 11.3 Å². The molecule has 0 radical (unpaired) electrons.